The zero-order chi connectivity index (χ0) is 21.8. The summed E-state index contributed by atoms with van der Waals surface area (Å²) in [6.07, 6.45) is 1.68. The van der Waals surface area contributed by atoms with Crippen LogP contribution in [0.4, 0.5) is 0 Å². The molecular weight excluding hydrogens is 414 g/mol. The van der Waals surface area contributed by atoms with E-state index in [1.165, 1.54) is 29.7 Å². The Morgan fingerprint density at radius 1 is 1.23 bits per heavy atom. The Balaban J connectivity index is 1.78. The molecule has 1 aromatic carbocycles. The number of carbonyl (C=O) groups excluding carboxylic acids is 2. The number of hydrogen-bond donors (Lipinski definition) is 1. The van der Waals surface area contributed by atoms with Gasteiger partial charge in [0.1, 0.15) is 12.3 Å². The number of benzene rings is 1. The van der Waals surface area contributed by atoms with Crippen molar-refractivity contribution in [1.82, 2.24) is 9.38 Å². The molecule has 156 valence electrons. The first-order valence-electron chi connectivity index (χ1n) is 8.73. The molecule has 0 aliphatic rings. The van der Waals surface area contributed by atoms with Crippen LogP contribution in [0.1, 0.15) is 21.6 Å². The second kappa shape index (κ2) is 8.83. The molecule has 0 spiro atoms. The fourth-order valence-corrected chi connectivity index (χ4v) is 2.94. The molecule has 2 heterocycles. The van der Waals surface area contributed by atoms with Crippen molar-refractivity contribution in [2.24, 2.45) is 5.73 Å². The molecule has 0 atom stereocenters. The van der Waals surface area contributed by atoms with Crippen LogP contribution in [0.5, 0.6) is 11.5 Å². The maximum atomic E-state index is 12.4. The average Bonchev–Trinajstić information content (AvgIpc) is 2.70. The molecule has 2 N–H and O–H groups in total. The Morgan fingerprint density at radius 2 is 2.00 bits per heavy atom. The van der Waals surface area contributed by atoms with E-state index < -0.39 is 18.5 Å². The summed E-state index contributed by atoms with van der Waals surface area (Å²) >= 11 is 6.14. The van der Waals surface area contributed by atoms with Crippen molar-refractivity contribution < 1.29 is 23.8 Å². The van der Waals surface area contributed by atoms with Gasteiger partial charge in [-0.05, 0) is 30.7 Å². The second-order valence-corrected chi connectivity index (χ2v) is 6.75. The van der Waals surface area contributed by atoms with Gasteiger partial charge in [-0.15, -0.1) is 0 Å². The van der Waals surface area contributed by atoms with Gasteiger partial charge in [0.2, 0.25) is 0 Å². The third-order valence-corrected chi connectivity index (χ3v) is 4.32. The number of halogens is 1. The molecule has 3 aromatic rings. The third-order valence-electron chi connectivity index (χ3n) is 4.04. The number of aromatic nitrogens is 2. The van der Waals surface area contributed by atoms with Gasteiger partial charge in [0.25, 0.3) is 11.5 Å². The first-order chi connectivity index (χ1) is 14.3. The summed E-state index contributed by atoms with van der Waals surface area (Å²) in [7, 11) is 1.35. The van der Waals surface area contributed by atoms with Crippen LogP contribution in [0.3, 0.4) is 0 Å². The molecule has 0 fully saturated rings. The van der Waals surface area contributed by atoms with E-state index >= 15 is 0 Å². The average molecular weight is 432 g/mol. The highest BCUT2D eigenvalue weighted by atomic mass is 35.5. The highest BCUT2D eigenvalue weighted by Gasteiger charge is 2.18. The summed E-state index contributed by atoms with van der Waals surface area (Å²) < 4.78 is 17.0. The number of hydrogen-bond acceptors (Lipinski definition) is 7. The van der Waals surface area contributed by atoms with Crippen molar-refractivity contribution in [3.63, 3.8) is 0 Å². The van der Waals surface area contributed by atoms with Gasteiger partial charge in [0.05, 0.1) is 23.4 Å². The monoisotopic (exact) mass is 431 g/mol. The number of fused-ring (bicyclic) bond motifs is 1. The number of amides is 1. The molecule has 0 aliphatic carbocycles. The molecule has 0 saturated carbocycles. The van der Waals surface area contributed by atoms with Gasteiger partial charge < -0.3 is 19.9 Å². The second-order valence-electron chi connectivity index (χ2n) is 6.34. The van der Waals surface area contributed by atoms with E-state index in [4.69, 9.17) is 31.5 Å². The lowest BCUT2D eigenvalue weighted by Crippen LogP contribution is -2.20. The maximum absolute atomic E-state index is 12.4. The molecule has 0 unspecified atom stereocenters. The highest BCUT2D eigenvalue weighted by Crippen LogP contribution is 2.36. The van der Waals surface area contributed by atoms with Crippen molar-refractivity contribution in [1.29, 1.82) is 0 Å². The number of ether oxygens (including phenoxy) is 3. The maximum Gasteiger partial charge on any atom is 0.338 e. The van der Waals surface area contributed by atoms with Gasteiger partial charge in [0.15, 0.2) is 18.1 Å². The summed E-state index contributed by atoms with van der Waals surface area (Å²) in [5.74, 6) is -1.18. The summed E-state index contributed by atoms with van der Waals surface area (Å²) in [5.41, 5.74) is 6.53. The zero-order valence-electron chi connectivity index (χ0n) is 16.2. The fraction of sp³-hybridized carbons (Fsp3) is 0.200. The summed E-state index contributed by atoms with van der Waals surface area (Å²) in [6.45, 7) is 1.26. The van der Waals surface area contributed by atoms with Crippen molar-refractivity contribution in [3.8, 4) is 11.5 Å². The van der Waals surface area contributed by atoms with E-state index in [0.717, 1.165) is 5.56 Å². The standard InChI is InChI=1S/C20H18ClN3O6/c1-11-3-4-17-23-13(7-18(26)24(17)8-11)9-30-20(27)12-5-14(21)19(15(6-12)28-2)29-10-16(22)25/h3-8H,9-10H2,1-2H3,(H2,22,25). The van der Waals surface area contributed by atoms with Crippen LogP contribution in [-0.4, -0.2) is 35.0 Å². The van der Waals surface area contributed by atoms with E-state index in [-0.39, 0.29) is 34.3 Å². The summed E-state index contributed by atoms with van der Waals surface area (Å²) in [6, 6.07) is 7.50. The first kappa shape index (κ1) is 21.1. The highest BCUT2D eigenvalue weighted by molar-refractivity contribution is 6.32. The number of nitrogens with zero attached hydrogens (tertiary/aromatic N) is 2. The van der Waals surface area contributed by atoms with Crippen LogP contribution in [0.2, 0.25) is 5.02 Å². The van der Waals surface area contributed by atoms with Crippen molar-refractivity contribution >= 4 is 29.1 Å². The van der Waals surface area contributed by atoms with Gasteiger partial charge in [0, 0.05) is 12.3 Å². The molecule has 1 amide bonds. The number of rotatable bonds is 7. The molecule has 9 nitrogen and oxygen atoms in total. The lowest BCUT2D eigenvalue weighted by molar-refractivity contribution is -0.119. The molecule has 30 heavy (non-hydrogen) atoms. The van der Waals surface area contributed by atoms with Gasteiger partial charge in [-0.3, -0.25) is 14.0 Å². The van der Waals surface area contributed by atoms with Gasteiger partial charge >= 0.3 is 5.97 Å². The number of methoxy groups -OCH3 is 1. The van der Waals surface area contributed by atoms with Crippen LogP contribution in [0.15, 0.2) is 41.3 Å². The quantitative estimate of drug-likeness (QED) is 0.566. The Kier molecular flexibility index (Phi) is 6.22. The summed E-state index contributed by atoms with van der Waals surface area (Å²) in [4.78, 5) is 39.9. The number of carbonyl (C=O) groups is 2. The number of esters is 1. The molecule has 3 rings (SSSR count). The van der Waals surface area contributed by atoms with Crippen LogP contribution in [0.25, 0.3) is 5.65 Å². The van der Waals surface area contributed by atoms with Crippen molar-refractivity contribution in [2.45, 2.75) is 13.5 Å². The minimum atomic E-state index is -0.706. The minimum absolute atomic E-state index is 0.0417. The number of nitrogens with two attached hydrogens (primary N) is 1. The van der Waals surface area contributed by atoms with E-state index in [1.807, 2.05) is 13.0 Å². The molecule has 0 radical (unpaired) electrons. The number of primary amides is 1. The van der Waals surface area contributed by atoms with Crippen molar-refractivity contribution in [3.05, 3.63) is 68.7 Å². The van der Waals surface area contributed by atoms with Crippen molar-refractivity contribution in [2.75, 3.05) is 13.7 Å². The van der Waals surface area contributed by atoms with E-state index in [1.54, 1.807) is 12.3 Å². The van der Waals surface area contributed by atoms with E-state index in [2.05, 4.69) is 4.98 Å². The van der Waals surface area contributed by atoms with Gasteiger partial charge in [-0.1, -0.05) is 17.7 Å². The summed E-state index contributed by atoms with van der Waals surface area (Å²) in [5, 5.41) is 0.0417. The van der Waals surface area contributed by atoms with Crippen LogP contribution in [-0.2, 0) is 16.1 Å². The fourth-order valence-electron chi connectivity index (χ4n) is 2.68. The SMILES string of the molecule is COc1cc(C(=O)OCc2cc(=O)n3cc(C)ccc3n2)cc(Cl)c1OCC(N)=O. The van der Waals surface area contributed by atoms with Gasteiger partial charge in [-0.2, -0.15) is 0 Å². The van der Waals surface area contributed by atoms with Crippen LogP contribution < -0.4 is 20.8 Å². The Morgan fingerprint density at radius 3 is 2.70 bits per heavy atom. The molecule has 0 bridgehead atoms. The molecular formula is C20H18ClN3O6. The third kappa shape index (κ3) is 4.69. The van der Waals surface area contributed by atoms with Crippen LogP contribution in [0, 0.1) is 6.92 Å². The number of aryl methyl sites for hydroxylation is 1. The Labute approximate surface area is 175 Å². The lowest BCUT2D eigenvalue weighted by Gasteiger charge is -2.13. The zero-order valence-corrected chi connectivity index (χ0v) is 16.9. The largest absolute Gasteiger partial charge is 0.493 e. The first-order valence-corrected chi connectivity index (χ1v) is 9.11. The lowest BCUT2D eigenvalue weighted by atomic mass is 10.2. The van der Waals surface area contributed by atoms with E-state index in [9.17, 15) is 14.4 Å². The Bertz CT molecular complexity index is 1190. The Hall–Kier alpha value is -3.59. The van der Waals surface area contributed by atoms with E-state index in [0.29, 0.717) is 11.3 Å². The molecule has 2 aromatic heterocycles. The predicted molar refractivity (Wildman–Crippen MR) is 108 cm³/mol. The normalized spacial score (nSPS) is 10.6. The molecule has 0 saturated heterocycles. The smallest absolute Gasteiger partial charge is 0.338 e. The topological polar surface area (TPSA) is 122 Å². The predicted octanol–water partition coefficient (Wildman–Crippen LogP) is 1.89. The van der Waals surface area contributed by atoms with Gasteiger partial charge in [-0.25, -0.2) is 9.78 Å². The minimum Gasteiger partial charge on any atom is -0.493 e. The molecule has 10 heteroatoms. The van der Waals surface area contributed by atoms with Crippen LogP contribution >= 0.6 is 11.6 Å². The molecule has 0 aliphatic heterocycles. The number of pyridine rings is 1.